The molecule has 5 nitrogen and oxygen atoms in total. The van der Waals surface area contributed by atoms with Crippen molar-refractivity contribution in [3.8, 4) is 0 Å². The molecule has 2 fully saturated rings. The van der Waals surface area contributed by atoms with Crippen molar-refractivity contribution in [1.82, 2.24) is 5.32 Å². The van der Waals surface area contributed by atoms with Gasteiger partial charge in [-0.05, 0) is 99.0 Å². The highest BCUT2D eigenvalue weighted by atomic mass is 16.5. The first kappa shape index (κ1) is 22.3. The molecule has 1 amide bonds. The third-order valence-electron chi connectivity index (χ3n) is 9.50. The number of methoxy groups -OCH3 is 1. The van der Waals surface area contributed by atoms with Gasteiger partial charge < -0.3 is 10.1 Å². The number of nitrogens with one attached hydrogen (secondary N) is 1. The van der Waals surface area contributed by atoms with E-state index in [9.17, 15) is 14.4 Å². The number of esters is 1. The van der Waals surface area contributed by atoms with Crippen LogP contribution in [0.3, 0.4) is 0 Å². The molecule has 0 aromatic rings. The summed E-state index contributed by atoms with van der Waals surface area (Å²) in [6.07, 6.45) is 11.4. The number of carbonyl (C=O) groups excluding carboxylic acids is 3. The number of hydrogen-bond acceptors (Lipinski definition) is 4. The van der Waals surface area contributed by atoms with Crippen LogP contribution in [0.2, 0.25) is 0 Å². The fourth-order valence-corrected chi connectivity index (χ4v) is 7.46. The number of amides is 1. The van der Waals surface area contributed by atoms with Gasteiger partial charge in [-0.1, -0.05) is 19.9 Å². The summed E-state index contributed by atoms with van der Waals surface area (Å²) in [5, 5.41) is 2.97. The highest BCUT2D eigenvalue weighted by molar-refractivity contribution is 5.89. The first-order chi connectivity index (χ1) is 14.6. The zero-order valence-electron chi connectivity index (χ0n) is 19.6. The average Bonchev–Trinajstić information content (AvgIpc) is 3.09. The van der Waals surface area contributed by atoms with Crippen molar-refractivity contribution < 1.29 is 19.1 Å². The van der Waals surface area contributed by atoms with Crippen molar-refractivity contribution in [2.24, 2.45) is 34.5 Å². The van der Waals surface area contributed by atoms with E-state index in [2.05, 4.69) is 31.3 Å². The van der Waals surface area contributed by atoms with E-state index in [-0.39, 0.29) is 34.4 Å². The Balaban J connectivity index is 1.57. The number of ketones is 1. The first-order valence-corrected chi connectivity index (χ1v) is 11.9. The number of Topliss-reactive ketones (excluding diaryl/α,β-unsaturated/α-hetero) is 1. The minimum Gasteiger partial charge on any atom is -0.466 e. The van der Waals surface area contributed by atoms with Crippen LogP contribution in [0.4, 0.5) is 0 Å². The first-order valence-electron chi connectivity index (χ1n) is 11.9. The quantitative estimate of drug-likeness (QED) is 0.676. The van der Waals surface area contributed by atoms with Crippen LogP contribution in [-0.4, -0.2) is 30.8 Å². The largest absolute Gasteiger partial charge is 0.466 e. The Morgan fingerprint density at radius 1 is 1.13 bits per heavy atom. The molecule has 7 atom stereocenters. The van der Waals surface area contributed by atoms with Crippen LogP contribution in [0.15, 0.2) is 23.3 Å². The maximum atomic E-state index is 13.1. The molecule has 170 valence electrons. The van der Waals surface area contributed by atoms with Gasteiger partial charge in [0.2, 0.25) is 5.91 Å². The number of allylic oxidation sites excluding steroid dienone is 3. The number of ether oxygens (including phenoxy) is 1. The molecule has 0 aliphatic heterocycles. The van der Waals surface area contributed by atoms with Gasteiger partial charge in [-0.25, -0.2) is 4.79 Å². The lowest BCUT2D eigenvalue weighted by atomic mass is 9.48. The lowest BCUT2D eigenvalue weighted by molar-refractivity contribution is -0.136. The summed E-state index contributed by atoms with van der Waals surface area (Å²) in [4.78, 5) is 36.8. The number of fused-ring (bicyclic) bond motifs is 5. The Bertz CT molecular complexity index is 857. The fraction of sp³-hybridized carbons (Fsp3) is 0.731. The summed E-state index contributed by atoms with van der Waals surface area (Å²) in [5.74, 6) is 1.58. The van der Waals surface area contributed by atoms with Crippen LogP contribution in [-0.2, 0) is 19.1 Å². The highest BCUT2D eigenvalue weighted by Gasteiger charge is 2.59. The molecule has 0 aromatic carbocycles. The van der Waals surface area contributed by atoms with Gasteiger partial charge in [-0.2, -0.15) is 0 Å². The minimum absolute atomic E-state index is 0.00406. The second kappa shape index (κ2) is 7.90. The van der Waals surface area contributed by atoms with Crippen LogP contribution < -0.4 is 5.32 Å². The van der Waals surface area contributed by atoms with Crippen LogP contribution in [0, 0.1) is 34.5 Å². The number of rotatable bonds is 4. The maximum absolute atomic E-state index is 13.1. The van der Waals surface area contributed by atoms with E-state index < -0.39 is 6.04 Å². The second-order valence-corrected chi connectivity index (χ2v) is 10.9. The van der Waals surface area contributed by atoms with E-state index in [0.29, 0.717) is 17.8 Å². The molecule has 4 aliphatic rings. The molecule has 2 saturated carbocycles. The normalized spacial score (nSPS) is 39.8. The predicted molar refractivity (Wildman–Crippen MR) is 119 cm³/mol. The third-order valence-corrected chi connectivity index (χ3v) is 9.50. The van der Waals surface area contributed by atoms with Gasteiger partial charge in [0.05, 0.1) is 13.2 Å². The van der Waals surface area contributed by atoms with Gasteiger partial charge in [-0.15, -0.1) is 0 Å². The summed E-state index contributed by atoms with van der Waals surface area (Å²) < 4.78 is 4.96. The van der Waals surface area contributed by atoms with E-state index in [0.717, 1.165) is 50.5 Å². The zero-order chi connectivity index (χ0) is 22.6. The summed E-state index contributed by atoms with van der Waals surface area (Å²) in [6.45, 7) is 8.02. The Labute approximate surface area is 186 Å². The Hall–Kier alpha value is -1.91. The maximum Gasteiger partial charge on any atom is 0.333 e. The fourth-order valence-electron chi connectivity index (χ4n) is 7.46. The molecule has 0 bridgehead atoms. The molecule has 0 heterocycles. The smallest absolute Gasteiger partial charge is 0.333 e. The summed E-state index contributed by atoms with van der Waals surface area (Å²) in [6, 6.07) is -0.413. The van der Waals surface area contributed by atoms with Crippen molar-refractivity contribution in [2.75, 3.05) is 7.11 Å². The highest BCUT2D eigenvalue weighted by Crippen LogP contribution is 2.66. The molecule has 4 aliphatic carbocycles. The minimum atomic E-state index is -0.413. The molecule has 0 radical (unpaired) electrons. The molecule has 4 rings (SSSR count). The van der Waals surface area contributed by atoms with Crippen LogP contribution in [0.5, 0.6) is 0 Å². The second-order valence-electron chi connectivity index (χ2n) is 10.9. The van der Waals surface area contributed by atoms with E-state index in [1.807, 2.05) is 0 Å². The molecule has 0 aromatic heterocycles. The molecule has 5 heteroatoms. The summed E-state index contributed by atoms with van der Waals surface area (Å²) >= 11 is 0. The van der Waals surface area contributed by atoms with Gasteiger partial charge in [-0.3, -0.25) is 9.59 Å². The molecular formula is C26H37NO4. The Morgan fingerprint density at radius 3 is 2.55 bits per heavy atom. The molecule has 1 N–H and O–H groups in total. The molecule has 31 heavy (non-hydrogen) atoms. The molecule has 1 unspecified atom stereocenters. The van der Waals surface area contributed by atoms with E-state index >= 15 is 0 Å². The molecule has 0 spiro atoms. The van der Waals surface area contributed by atoms with Gasteiger partial charge in [0.1, 0.15) is 0 Å². The molecule has 0 saturated heterocycles. The lowest BCUT2D eigenvalue weighted by Gasteiger charge is -2.57. The monoisotopic (exact) mass is 427 g/mol. The van der Waals surface area contributed by atoms with Crippen LogP contribution in [0.1, 0.15) is 72.6 Å². The van der Waals surface area contributed by atoms with Crippen LogP contribution in [0.25, 0.3) is 0 Å². The van der Waals surface area contributed by atoms with Gasteiger partial charge >= 0.3 is 5.97 Å². The van der Waals surface area contributed by atoms with Crippen molar-refractivity contribution in [3.63, 3.8) is 0 Å². The van der Waals surface area contributed by atoms with E-state index in [1.165, 1.54) is 19.6 Å². The third kappa shape index (κ3) is 3.48. The zero-order valence-corrected chi connectivity index (χ0v) is 19.6. The van der Waals surface area contributed by atoms with Crippen molar-refractivity contribution in [1.29, 1.82) is 0 Å². The molecular weight excluding hydrogens is 390 g/mol. The topological polar surface area (TPSA) is 72.5 Å². The Kier molecular flexibility index (Phi) is 5.68. The lowest BCUT2D eigenvalue weighted by Crippen LogP contribution is -2.52. The standard InChI is InChI=1S/C26H37NO4/c1-15(16(2)28)27-23(29)22-9-8-20-19-7-6-18-14-17(24(30)31-5)10-12-25(18,3)21(19)11-13-26(20,22)4/h6,14-15,19-22H,7-13H2,1-5H3,(H,27,29)/t15?,19-,20-,21-,22+,25-,26-/m0/s1. The van der Waals surface area contributed by atoms with Gasteiger partial charge in [0.25, 0.3) is 0 Å². The predicted octanol–water partition coefficient (Wildman–Crippen LogP) is 4.37. The number of carbonyl (C=O) groups is 3. The van der Waals surface area contributed by atoms with E-state index in [4.69, 9.17) is 4.74 Å². The summed E-state index contributed by atoms with van der Waals surface area (Å²) in [5.41, 5.74) is 2.21. The van der Waals surface area contributed by atoms with Gasteiger partial charge in [0, 0.05) is 11.5 Å². The van der Waals surface area contributed by atoms with Crippen molar-refractivity contribution >= 4 is 17.7 Å². The van der Waals surface area contributed by atoms with Crippen LogP contribution >= 0.6 is 0 Å². The summed E-state index contributed by atoms with van der Waals surface area (Å²) in [7, 11) is 1.45. The van der Waals surface area contributed by atoms with Crippen molar-refractivity contribution in [2.45, 2.75) is 78.7 Å². The van der Waals surface area contributed by atoms with Crippen molar-refractivity contribution in [3.05, 3.63) is 23.3 Å². The number of hydrogen-bond donors (Lipinski definition) is 1. The Morgan fingerprint density at radius 2 is 1.87 bits per heavy atom. The average molecular weight is 428 g/mol. The van der Waals surface area contributed by atoms with Gasteiger partial charge in [0.15, 0.2) is 5.78 Å². The van der Waals surface area contributed by atoms with E-state index in [1.54, 1.807) is 6.92 Å². The SMILES string of the molecule is COC(=O)C1=CC2=CC[C@H]3[C@@H]4CC[C@H](C(=O)NC(C)C(C)=O)[C@@]4(C)CC[C@@H]3[C@@]2(C)CC1.